The quantitative estimate of drug-likeness (QED) is 0.312. The second-order valence-corrected chi connectivity index (χ2v) is 11.3. The molecule has 1 aliphatic rings. The normalized spacial score (nSPS) is 14.8. The van der Waals surface area contributed by atoms with Crippen molar-refractivity contribution in [2.75, 3.05) is 5.75 Å². The number of rotatable bonds is 5. The molecule has 5 rings (SSSR count). The van der Waals surface area contributed by atoms with E-state index < -0.39 is 55.7 Å². The van der Waals surface area contributed by atoms with E-state index in [1.165, 1.54) is 18.5 Å². The van der Waals surface area contributed by atoms with Crippen LogP contribution in [-0.2, 0) is 29.2 Å². The van der Waals surface area contributed by atoms with Crippen LogP contribution in [0.4, 0.5) is 26.3 Å². The Morgan fingerprint density at radius 1 is 1.03 bits per heavy atom. The van der Waals surface area contributed by atoms with Gasteiger partial charge in [-0.05, 0) is 37.1 Å². The predicted octanol–water partition coefficient (Wildman–Crippen LogP) is 5.03. The summed E-state index contributed by atoms with van der Waals surface area (Å²) in [6, 6.07) is 2.73. The molecular weight excluding hydrogens is 552 g/mol. The van der Waals surface area contributed by atoms with Crippen LogP contribution in [0.5, 0.6) is 0 Å². The van der Waals surface area contributed by atoms with E-state index in [2.05, 4.69) is 15.0 Å². The van der Waals surface area contributed by atoms with Crippen molar-refractivity contribution in [1.82, 2.24) is 24.1 Å². The van der Waals surface area contributed by atoms with Crippen LogP contribution in [0.1, 0.15) is 37.1 Å². The van der Waals surface area contributed by atoms with Gasteiger partial charge in [-0.3, -0.25) is 19.3 Å². The van der Waals surface area contributed by atoms with E-state index in [4.69, 9.17) is 0 Å². The van der Waals surface area contributed by atoms with Crippen molar-refractivity contribution in [1.29, 1.82) is 0 Å². The summed E-state index contributed by atoms with van der Waals surface area (Å²) in [5.74, 6) is -0.614. The van der Waals surface area contributed by atoms with Gasteiger partial charge in [0, 0.05) is 31.0 Å². The van der Waals surface area contributed by atoms with Crippen LogP contribution >= 0.6 is 0 Å². The molecule has 0 bridgehead atoms. The summed E-state index contributed by atoms with van der Waals surface area (Å²) >= 11 is 0. The molecule has 0 unspecified atom stereocenters. The second kappa shape index (κ2) is 8.89. The van der Waals surface area contributed by atoms with Crippen molar-refractivity contribution in [2.24, 2.45) is 7.05 Å². The second-order valence-electron chi connectivity index (χ2n) is 9.06. The molecule has 15 heteroatoms. The molecule has 0 aliphatic heterocycles. The summed E-state index contributed by atoms with van der Waals surface area (Å²) in [5, 5.41) is 0. The van der Waals surface area contributed by atoms with Gasteiger partial charge in [0.05, 0.1) is 27.4 Å². The maximum absolute atomic E-state index is 13.8. The highest BCUT2D eigenvalue weighted by atomic mass is 32.2. The highest BCUT2D eigenvalue weighted by molar-refractivity contribution is 7.91. The Balaban J connectivity index is 1.75. The fraction of sp³-hybridized carbons (Fsp3) is 0.333. The fourth-order valence-electron chi connectivity index (χ4n) is 4.33. The van der Waals surface area contributed by atoms with Gasteiger partial charge in [-0.15, -0.1) is 0 Å². The zero-order chi connectivity index (χ0) is 28.5. The summed E-state index contributed by atoms with van der Waals surface area (Å²) < 4.78 is 109. The summed E-state index contributed by atoms with van der Waals surface area (Å²) in [4.78, 5) is 25.0. The van der Waals surface area contributed by atoms with E-state index >= 15 is 0 Å². The lowest BCUT2D eigenvalue weighted by atomic mass is 10.1. The molecule has 0 spiro atoms. The summed E-state index contributed by atoms with van der Waals surface area (Å²) in [7, 11) is -2.73. The topological polar surface area (TPSA) is 99.7 Å². The van der Waals surface area contributed by atoms with Gasteiger partial charge in [0.2, 0.25) is 0 Å². The molecule has 0 N–H and O–H groups in total. The third kappa shape index (κ3) is 4.68. The highest BCUT2D eigenvalue weighted by Crippen LogP contribution is 2.40. The van der Waals surface area contributed by atoms with Gasteiger partial charge in [-0.1, -0.05) is 6.92 Å². The smallest absolute Gasteiger partial charge is 0.321 e. The SMILES string of the molecule is CCS(=O)(=O)c1cc(-c2cc(C(F)(F)F)ccn2)cnc1-c1nc2cc(C(F)(F)F)n(C3CC3)c(=O)c2n1C. The first kappa shape index (κ1) is 26.8. The van der Waals surface area contributed by atoms with Crippen LogP contribution in [0.15, 0.2) is 46.3 Å². The van der Waals surface area contributed by atoms with E-state index in [9.17, 15) is 39.6 Å². The number of fused-ring (bicyclic) bond motifs is 1. The minimum absolute atomic E-state index is 0.0360. The number of alkyl halides is 6. The molecule has 0 atom stereocenters. The van der Waals surface area contributed by atoms with Gasteiger partial charge in [0.15, 0.2) is 15.7 Å². The first-order valence-corrected chi connectivity index (χ1v) is 13.2. The average molecular weight is 572 g/mol. The van der Waals surface area contributed by atoms with Gasteiger partial charge in [0.25, 0.3) is 5.56 Å². The van der Waals surface area contributed by atoms with Crippen molar-refractivity contribution in [3.05, 3.63) is 58.3 Å². The van der Waals surface area contributed by atoms with Crippen LogP contribution in [-0.4, -0.2) is 38.3 Å². The number of halogens is 6. The number of pyridine rings is 3. The zero-order valence-electron chi connectivity index (χ0n) is 20.3. The standard InChI is InChI=1S/C24H19F6N5O3S/c1-3-39(37,38)17-8-12(15-9-13(6-7-31-15)23(25,26)27)11-32-19(17)21-33-16-10-18(24(28,29)30)35(14-4-5-14)22(36)20(16)34(21)2/h6-11,14H,3-5H2,1-2H3. The van der Waals surface area contributed by atoms with Crippen molar-refractivity contribution in [2.45, 2.75) is 43.1 Å². The maximum atomic E-state index is 13.8. The van der Waals surface area contributed by atoms with E-state index in [0.717, 1.165) is 36.7 Å². The number of nitrogens with zero attached hydrogens (tertiary/aromatic N) is 5. The van der Waals surface area contributed by atoms with Crippen LogP contribution in [0.25, 0.3) is 33.8 Å². The van der Waals surface area contributed by atoms with E-state index in [-0.39, 0.29) is 33.8 Å². The molecule has 0 aromatic carbocycles. The molecule has 39 heavy (non-hydrogen) atoms. The molecule has 1 fully saturated rings. The Hall–Kier alpha value is -3.75. The number of aryl methyl sites for hydroxylation is 1. The molecule has 4 aromatic heterocycles. The number of sulfone groups is 1. The number of aromatic nitrogens is 5. The van der Waals surface area contributed by atoms with Gasteiger partial charge in [-0.2, -0.15) is 26.3 Å². The number of hydrogen-bond acceptors (Lipinski definition) is 6. The lowest BCUT2D eigenvalue weighted by molar-refractivity contribution is -0.144. The van der Waals surface area contributed by atoms with Crippen LogP contribution < -0.4 is 5.56 Å². The Labute approximate surface area is 216 Å². The third-order valence-corrected chi connectivity index (χ3v) is 8.18. The summed E-state index contributed by atoms with van der Waals surface area (Å²) in [6.45, 7) is 1.34. The van der Waals surface area contributed by atoms with Gasteiger partial charge in [0.1, 0.15) is 16.9 Å². The Bertz CT molecular complexity index is 1790. The Morgan fingerprint density at radius 3 is 2.31 bits per heavy atom. The lowest BCUT2D eigenvalue weighted by Gasteiger charge is -2.15. The first-order valence-electron chi connectivity index (χ1n) is 11.6. The molecule has 0 amide bonds. The molecule has 4 aromatic rings. The zero-order valence-corrected chi connectivity index (χ0v) is 21.1. The van der Waals surface area contributed by atoms with E-state index in [1.54, 1.807) is 0 Å². The van der Waals surface area contributed by atoms with Crippen LogP contribution in [0.3, 0.4) is 0 Å². The van der Waals surface area contributed by atoms with Crippen LogP contribution in [0, 0.1) is 0 Å². The number of imidazole rings is 1. The predicted molar refractivity (Wildman–Crippen MR) is 127 cm³/mol. The van der Waals surface area contributed by atoms with E-state index in [0.29, 0.717) is 17.4 Å². The minimum atomic E-state index is -4.83. The van der Waals surface area contributed by atoms with Gasteiger partial charge in [-0.25, -0.2) is 13.4 Å². The first-order chi connectivity index (χ1) is 18.1. The minimum Gasteiger partial charge on any atom is -0.321 e. The van der Waals surface area contributed by atoms with Gasteiger partial charge >= 0.3 is 12.4 Å². The molecule has 4 heterocycles. The van der Waals surface area contributed by atoms with Crippen LogP contribution in [0.2, 0.25) is 0 Å². The largest absolute Gasteiger partial charge is 0.431 e. The van der Waals surface area contributed by atoms with Crippen molar-refractivity contribution in [3.8, 4) is 22.8 Å². The molecular formula is C24H19F6N5O3S. The third-order valence-electron chi connectivity index (χ3n) is 6.44. The molecule has 206 valence electrons. The fourth-order valence-corrected chi connectivity index (χ4v) is 5.39. The monoisotopic (exact) mass is 571 g/mol. The molecule has 8 nitrogen and oxygen atoms in total. The average Bonchev–Trinajstić information content (AvgIpc) is 3.65. The summed E-state index contributed by atoms with van der Waals surface area (Å²) in [6.07, 6.45) is -6.67. The van der Waals surface area contributed by atoms with Gasteiger partial charge < -0.3 is 4.57 Å². The summed E-state index contributed by atoms with van der Waals surface area (Å²) in [5.41, 5.74) is -4.05. The van der Waals surface area contributed by atoms with Crippen molar-refractivity contribution in [3.63, 3.8) is 0 Å². The molecule has 0 saturated heterocycles. The Morgan fingerprint density at radius 2 is 1.72 bits per heavy atom. The molecule has 1 saturated carbocycles. The lowest BCUT2D eigenvalue weighted by Crippen LogP contribution is -2.28. The highest BCUT2D eigenvalue weighted by Gasteiger charge is 2.40. The molecule has 1 aliphatic carbocycles. The van der Waals surface area contributed by atoms with E-state index in [1.807, 2.05) is 0 Å². The molecule has 0 radical (unpaired) electrons. The number of hydrogen-bond donors (Lipinski definition) is 0. The van der Waals surface area contributed by atoms with Crippen molar-refractivity contribution < 1.29 is 34.8 Å². The van der Waals surface area contributed by atoms with Crippen molar-refractivity contribution >= 4 is 20.9 Å². The Kier molecular flexibility index (Phi) is 6.12. The maximum Gasteiger partial charge on any atom is 0.431 e.